The molecule has 0 saturated carbocycles. The van der Waals surface area contributed by atoms with Gasteiger partial charge in [0.05, 0.1) is 12.6 Å². The highest BCUT2D eigenvalue weighted by Gasteiger charge is 2.29. The fourth-order valence-corrected chi connectivity index (χ4v) is 2.03. The molecule has 2 rings (SSSR count). The van der Waals surface area contributed by atoms with E-state index in [2.05, 4.69) is 4.98 Å². The number of aromatic amines is 2. The van der Waals surface area contributed by atoms with Crippen LogP contribution in [-0.4, -0.2) is 45.1 Å². The number of carbonyl (C=O) groups is 1. The molecule has 3 N–H and O–H groups in total. The highest BCUT2D eigenvalue weighted by Crippen LogP contribution is 2.18. The molecule has 0 spiro atoms. The number of aliphatic hydroxyl groups is 1. The van der Waals surface area contributed by atoms with Crippen LogP contribution in [0.5, 0.6) is 0 Å². The van der Waals surface area contributed by atoms with Crippen molar-refractivity contribution in [1.82, 2.24) is 14.9 Å². The van der Waals surface area contributed by atoms with Gasteiger partial charge in [-0.1, -0.05) is 0 Å². The Balaban J connectivity index is 2.30. The standard InChI is InChI=1S/C10H13N3O4/c14-5-6-2-1-3-13(6)9(16)7-4-8(15)12-10(17)11-7/h4,6,14H,1-3,5H2,(H2,11,12,15,17)/t6-/m1/s1. The fraction of sp³-hybridized carbons (Fsp3) is 0.500. The maximum atomic E-state index is 12.0. The molecule has 0 aliphatic carbocycles. The average Bonchev–Trinajstić information content (AvgIpc) is 2.74. The second-order valence-electron chi connectivity index (χ2n) is 3.98. The first-order chi connectivity index (χ1) is 8.11. The minimum absolute atomic E-state index is 0.0425. The summed E-state index contributed by atoms with van der Waals surface area (Å²) in [5.74, 6) is -0.426. The Kier molecular flexibility index (Phi) is 3.10. The van der Waals surface area contributed by atoms with E-state index in [-0.39, 0.29) is 18.3 Å². The maximum Gasteiger partial charge on any atom is 0.326 e. The second kappa shape index (κ2) is 4.54. The molecule has 1 aliphatic rings. The van der Waals surface area contributed by atoms with Gasteiger partial charge >= 0.3 is 5.69 Å². The molecule has 17 heavy (non-hydrogen) atoms. The maximum absolute atomic E-state index is 12.0. The molecule has 1 aromatic rings. The number of rotatable bonds is 2. The summed E-state index contributed by atoms with van der Waals surface area (Å²) in [6.07, 6.45) is 1.54. The van der Waals surface area contributed by atoms with E-state index >= 15 is 0 Å². The van der Waals surface area contributed by atoms with Gasteiger partial charge in [-0.05, 0) is 12.8 Å². The quantitative estimate of drug-likeness (QED) is 0.593. The molecule has 7 heteroatoms. The summed E-state index contributed by atoms with van der Waals surface area (Å²) in [5.41, 5.74) is -1.36. The smallest absolute Gasteiger partial charge is 0.326 e. The number of aromatic nitrogens is 2. The van der Waals surface area contributed by atoms with Crippen molar-refractivity contribution in [3.05, 3.63) is 32.6 Å². The van der Waals surface area contributed by atoms with E-state index < -0.39 is 17.2 Å². The van der Waals surface area contributed by atoms with E-state index in [4.69, 9.17) is 5.11 Å². The molecule has 2 heterocycles. The number of hydrogen-bond donors (Lipinski definition) is 3. The summed E-state index contributed by atoms with van der Waals surface area (Å²) in [7, 11) is 0. The number of aliphatic hydroxyl groups excluding tert-OH is 1. The van der Waals surface area contributed by atoms with Crippen molar-refractivity contribution in [3.63, 3.8) is 0 Å². The van der Waals surface area contributed by atoms with Crippen LogP contribution in [-0.2, 0) is 0 Å². The third-order valence-corrected chi connectivity index (χ3v) is 2.84. The molecule has 1 fully saturated rings. The molecule has 0 unspecified atom stereocenters. The van der Waals surface area contributed by atoms with Crippen molar-refractivity contribution in [1.29, 1.82) is 0 Å². The van der Waals surface area contributed by atoms with Gasteiger partial charge in [-0.2, -0.15) is 0 Å². The van der Waals surface area contributed by atoms with E-state index in [1.807, 2.05) is 4.98 Å². The Labute approximate surface area is 96.1 Å². The largest absolute Gasteiger partial charge is 0.394 e. The molecular formula is C10H13N3O4. The van der Waals surface area contributed by atoms with Crippen molar-refractivity contribution < 1.29 is 9.90 Å². The van der Waals surface area contributed by atoms with Gasteiger partial charge in [0.2, 0.25) is 0 Å². The van der Waals surface area contributed by atoms with Gasteiger partial charge in [-0.25, -0.2) is 4.79 Å². The Morgan fingerprint density at radius 2 is 2.24 bits per heavy atom. The van der Waals surface area contributed by atoms with E-state index in [0.717, 1.165) is 18.9 Å². The minimum atomic E-state index is -0.708. The Bertz CT molecular complexity index is 505. The van der Waals surface area contributed by atoms with Crippen LogP contribution in [0, 0.1) is 0 Å². The van der Waals surface area contributed by atoms with Crippen LogP contribution in [0.15, 0.2) is 15.7 Å². The van der Waals surface area contributed by atoms with Gasteiger partial charge in [0.1, 0.15) is 5.69 Å². The van der Waals surface area contributed by atoms with E-state index in [0.29, 0.717) is 6.54 Å². The molecule has 1 amide bonds. The van der Waals surface area contributed by atoms with Crippen LogP contribution in [0.2, 0.25) is 0 Å². The fourth-order valence-electron chi connectivity index (χ4n) is 2.03. The summed E-state index contributed by atoms with van der Waals surface area (Å²) in [5, 5.41) is 9.11. The van der Waals surface area contributed by atoms with Crippen LogP contribution in [0.4, 0.5) is 0 Å². The molecule has 1 saturated heterocycles. The summed E-state index contributed by atoms with van der Waals surface area (Å²) in [6.45, 7) is 0.415. The minimum Gasteiger partial charge on any atom is -0.394 e. The Morgan fingerprint density at radius 1 is 1.47 bits per heavy atom. The zero-order chi connectivity index (χ0) is 12.4. The predicted molar refractivity (Wildman–Crippen MR) is 58.8 cm³/mol. The number of nitrogens with one attached hydrogen (secondary N) is 2. The average molecular weight is 239 g/mol. The van der Waals surface area contributed by atoms with E-state index in [9.17, 15) is 14.4 Å². The summed E-state index contributed by atoms with van der Waals surface area (Å²) in [4.78, 5) is 39.9. The molecule has 1 atom stereocenters. The number of likely N-dealkylation sites (tertiary alicyclic amines) is 1. The van der Waals surface area contributed by atoms with Crippen molar-refractivity contribution >= 4 is 5.91 Å². The zero-order valence-electron chi connectivity index (χ0n) is 9.10. The molecule has 0 radical (unpaired) electrons. The lowest BCUT2D eigenvalue weighted by molar-refractivity contribution is 0.0671. The first kappa shape index (κ1) is 11.6. The lowest BCUT2D eigenvalue weighted by atomic mass is 10.2. The monoisotopic (exact) mass is 239 g/mol. The molecule has 7 nitrogen and oxygen atoms in total. The van der Waals surface area contributed by atoms with Gasteiger partial charge in [0.25, 0.3) is 11.5 Å². The van der Waals surface area contributed by atoms with Crippen molar-refractivity contribution in [2.75, 3.05) is 13.2 Å². The van der Waals surface area contributed by atoms with Crippen LogP contribution < -0.4 is 11.2 Å². The number of amides is 1. The van der Waals surface area contributed by atoms with Crippen molar-refractivity contribution in [2.45, 2.75) is 18.9 Å². The molecule has 1 aromatic heterocycles. The molecule has 1 aliphatic heterocycles. The topological polar surface area (TPSA) is 106 Å². The summed E-state index contributed by atoms with van der Waals surface area (Å²) in [6, 6.07) is 0.821. The van der Waals surface area contributed by atoms with Crippen LogP contribution in [0.3, 0.4) is 0 Å². The van der Waals surface area contributed by atoms with Crippen LogP contribution >= 0.6 is 0 Å². The SMILES string of the molecule is O=C(c1cc(=O)[nH]c(=O)[nH]1)N1CCC[C@@H]1CO. The van der Waals surface area contributed by atoms with Gasteiger partial charge in [-0.3, -0.25) is 14.6 Å². The molecular weight excluding hydrogens is 226 g/mol. The Hall–Kier alpha value is -1.89. The second-order valence-corrected chi connectivity index (χ2v) is 3.98. The van der Waals surface area contributed by atoms with Gasteiger partial charge in [-0.15, -0.1) is 0 Å². The summed E-state index contributed by atoms with van der Waals surface area (Å²) >= 11 is 0. The number of nitrogens with zero attached hydrogens (tertiary/aromatic N) is 1. The third kappa shape index (κ3) is 2.28. The number of H-pyrrole nitrogens is 2. The molecule has 0 aromatic carbocycles. The predicted octanol–water partition coefficient (Wildman–Crippen LogP) is -1.34. The normalized spacial score (nSPS) is 19.6. The first-order valence-corrected chi connectivity index (χ1v) is 5.37. The number of carbonyl (C=O) groups excluding carboxylic acids is 1. The third-order valence-electron chi connectivity index (χ3n) is 2.84. The van der Waals surface area contributed by atoms with Crippen molar-refractivity contribution in [2.24, 2.45) is 0 Å². The first-order valence-electron chi connectivity index (χ1n) is 5.37. The van der Waals surface area contributed by atoms with E-state index in [1.165, 1.54) is 4.90 Å². The van der Waals surface area contributed by atoms with Crippen LogP contribution in [0.25, 0.3) is 0 Å². The lowest BCUT2D eigenvalue weighted by Crippen LogP contribution is -2.39. The zero-order valence-corrected chi connectivity index (χ0v) is 9.10. The van der Waals surface area contributed by atoms with Gasteiger partial charge < -0.3 is 15.0 Å². The highest BCUT2D eigenvalue weighted by molar-refractivity contribution is 5.92. The Morgan fingerprint density at radius 3 is 2.88 bits per heavy atom. The number of hydrogen-bond acceptors (Lipinski definition) is 4. The van der Waals surface area contributed by atoms with Crippen LogP contribution in [0.1, 0.15) is 23.3 Å². The highest BCUT2D eigenvalue weighted by atomic mass is 16.3. The molecule has 92 valence electrons. The van der Waals surface area contributed by atoms with Gasteiger partial charge in [0.15, 0.2) is 0 Å². The summed E-state index contributed by atoms with van der Waals surface area (Å²) < 4.78 is 0. The molecule has 0 bridgehead atoms. The van der Waals surface area contributed by atoms with E-state index in [1.54, 1.807) is 0 Å². The lowest BCUT2D eigenvalue weighted by Gasteiger charge is -2.22. The van der Waals surface area contributed by atoms with Crippen molar-refractivity contribution in [3.8, 4) is 0 Å². The van der Waals surface area contributed by atoms with Gasteiger partial charge in [0, 0.05) is 12.6 Å².